The summed E-state index contributed by atoms with van der Waals surface area (Å²) in [6, 6.07) is 9.91. The van der Waals surface area contributed by atoms with E-state index in [1.165, 1.54) is 0 Å². The number of hydrogen-bond acceptors (Lipinski definition) is 3. The maximum atomic E-state index is 9.43. The maximum absolute atomic E-state index is 9.43. The molecule has 0 spiro atoms. The Balaban J connectivity index is 2.17. The molecule has 0 saturated carbocycles. The standard InChI is InChI=1S/C13H17NO2/c1-2-6-12-11(9-15)13(14-16-12)10-7-4-3-5-8-10/h3-5,7-8,11-12,15H,2,6,9H2,1H3/t11-,12-/m1/s1. The molecule has 1 aliphatic rings. The van der Waals surface area contributed by atoms with E-state index >= 15 is 0 Å². The van der Waals surface area contributed by atoms with E-state index in [1.807, 2.05) is 30.3 Å². The molecule has 16 heavy (non-hydrogen) atoms. The minimum absolute atomic E-state index is 0.0161. The first-order chi connectivity index (χ1) is 7.86. The van der Waals surface area contributed by atoms with Crippen LogP contribution in [0.2, 0.25) is 0 Å². The van der Waals surface area contributed by atoms with Crippen LogP contribution < -0.4 is 0 Å². The molecule has 3 nitrogen and oxygen atoms in total. The molecule has 0 bridgehead atoms. The molecule has 0 fully saturated rings. The fraction of sp³-hybridized carbons (Fsp3) is 0.462. The van der Waals surface area contributed by atoms with Crippen LogP contribution in [0.1, 0.15) is 25.3 Å². The second-order valence-electron chi connectivity index (χ2n) is 4.06. The van der Waals surface area contributed by atoms with Gasteiger partial charge in [-0.15, -0.1) is 0 Å². The molecule has 0 unspecified atom stereocenters. The van der Waals surface area contributed by atoms with Gasteiger partial charge < -0.3 is 9.94 Å². The third-order valence-electron chi connectivity index (χ3n) is 2.93. The van der Waals surface area contributed by atoms with Gasteiger partial charge in [-0.05, 0) is 12.0 Å². The van der Waals surface area contributed by atoms with Crippen molar-refractivity contribution in [3.05, 3.63) is 35.9 Å². The lowest BCUT2D eigenvalue weighted by atomic mass is 9.91. The molecule has 3 heteroatoms. The zero-order valence-electron chi connectivity index (χ0n) is 9.47. The van der Waals surface area contributed by atoms with Crippen molar-refractivity contribution in [3.63, 3.8) is 0 Å². The number of benzene rings is 1. The average molecular weight is 219 g/mol. The molecule has 0 radical (unpaired) electrons. The summed E-state index contributed by atoms with van der Waals surface area (Å²) in [6.45, 7) is 2.21. The van der Waals surface area contributed by atoms with E-state index in [4.69, 9.17) is 4.84 Å². The summed E-state index contributed by atoms with van der Waals surface area (Å²) < 4.78 is 0. The Hall–Kier alpha value is -1.35. The van der Waals surface area contributed by atoms with Gasteiger partial charge in [0, 0.05) is 0 Å². The second kappa shape index (κ2) is 5.12. The van der Waals surface area contributed by atoms with Crippen LogP contribution >= 0.6 is 0 Å². The lowest BCUT2D eigenvalue weighted by Gasteiger charge is -2.15. The lowest BCUT2D eigenvalue weighted by Crippen LogP contribution is -2.27. The molecule has 2 atom stereocenters. The fourth-order valence-corrected chi connectivity index (χ4v) is 2.06. The second-order valence-corrected chi connectivity index (χ2v) is 4.06. The normalized spacial score (nSPS) is 24.0. The summed E-state index contributed by atoms with van der Waals surface area (Å²) in [4.78, 5) is 5.39. The van der Waals surface area contributed by atoms with Crippen LogP contribution in [0.15, 0.2) is 35.5 Å². The summed E-state index contributed by atoms with van der Waals surface area (Å²) in [5.41, 5.74) is 1.92. The zero-order valence-corrected chi connectivity index (χ0v) is 9.47. The van der Waals surface area contributed by atoms with Crippen molar-refractivity contribution in [1.82, 2.24) is 0 Å². The third kappa shape index (κ3) is 2.09. The van der Waals surface area contributed by atoms with Crippen molar-refractivity contribution in [3.8, 4) is 0 Å². The number of rotatable bonds is 4. The fourth-order valence-electron chi connectivity index (χ4n) is 2.06. The van der Waals surface area contributed by atoms with Gasteiger partial charge in [0.2, 0.25) is 0 Å². The largest absolute Gasteiger partial charge is 0.396 e. The van der Waals surface area contributed by atoms with Gasteiger partial charge in [0.15, 0.2) is 0 Å². The molecule has 1 aliphatic heterocycles. The Labute approximate surface area is 95.7 Å². The summed E-state index contributed by atoms with van der Waals surface area (Å²) in [7, 11) is 0. The molecule has 86 valence electrons. The van der Waals surface area contributed by atoms with E-state index in [0.717, 1.165) is 24.1 Å². The van der Waals surface area contributed by atoms with Crippen LogP contribution in [0.3, 0.4) is 0 Å². The molecule has 0 aromatic heterocycles. The minimum Gasteiger partial charge on any atom is -0.396 e. The smallest absolute Gasteiger partial charge is 0.138 e. The molecule has 0 amide bonds. The van der Waals surface area contributed by atoms with Gasteiger partial charge in [0.1, 0.15) is 6.10 Å². The highest BCUT2D eigenvalue weighted by Gasteiger charge is 2.33. The number of aliphatic hydroxyl groups excluding tert-OH is 1. The van der Waals surface area contributed by atoms with Crippen LogP contribution in [0, 0.1) is 5.92 Å². The van der Waals surface area contributed by atoms with Gasteiger partial charge >= 0.3 is 0 Å². The van der Waals surface area contributed by atoms with Crippen molar-refractivity contribution in [1.29, 1.82) is 0 Å². The van der Waals surface area contributed by atoms with Crippen molar-refractivity contribution in [2.45, 2.75) is 25.9 Å². The van der Waals surface area contributed by atoms with Crippen LogP contribution in [0.4, 0.5) is 0 Å². The summed E-state index contributed by atoms with van der Waals surface area (Å²) >= 11 is 0. The van der Waals surface area contributed by atoms with E-state index in [2.05, 4.69) is 12.1 Å². The monoisotopic (exact) mass is 219 g/mol. The molecular formula is C13H17NO2. The number of nitrogens with zero attached hydrogens (tertiary/aromatic N) is 1. The molecule has 2 rings (SSSR count). The Morgan fingerprint density at radius 1 is 1.31 bits per heavy atom. The van der Waals surface area contributed by atoms with Gasteiger partial charge in [0.25, 0.3) is 0 Å². The molecule has 1 aromatic rings. The highest BCUT2D eigenvalue weighted by molar-refractivity contribution is 6.03. The van der Waals surface area contributed by atoms with Gasteiger partial charge in [-0.3, -0.25) is 0 Å². The van der Waals surface area contributed by atoms with Crippen LogP contribution in [-0.2, 0) is 4.84 Å². The number of aliphatic hydroxyl groups is 1. The van der Waals surface area contributed by atoms with E-state index in [1.54, 1.807) is 0 Å². The summed E-state index contributed by atoms with van der Waals surface area (Å²) in [5.74, 6) is 0.0161. The Bertz CT molecular complexity index is 361. The average Bonchev–Trinajstić information content (AvgIpc) is 2.73. The van der Waals surface area contributed by atoms with E-state index in [9.17, 15) is 5.11 Å². The van der Waals surface area contributed by atoms with E-state index in [-0.39, 0.29) is 18.6 Å². The zero-order chi connectivity index (χ0) is 11.4. The van der Waals surface area contributed by atoms with Crippen molar-refractivity contribution in [2.75, 3.05) is 6.61 Å². The Kier molecular flexibility index (Phi) is 3.57. The first-order valence-corrected chi connectivity index (χ1v) is 5.76. The predicted molar refractivity (Wildman–Crippen MR) is 63.3 cm³/mol. The number of hydrogen-bond donors (Lipinski definition) is 1. The van der Waals surface area contributed by atoms with Gasteiger partial charge in [-0.1, -0.05) is 48.8 Å². The van der Waals surface area contributed by atoms with E-state index in [0.29, 0.717) is 0 Å². The summed E-state index contributed by atoms with van der Waals surface area (Å²) in [6.07, 6.45) is 2.01. The highest BCUT2D eigenvalue weighted by Crippen LogP contribution is 2.25. The quantitative estimate of drug-likeness (QED) is 0.843. The maximum Gasteiger partial charge on any atom is 0.138 e. The first kappa shape index (κ1) is 11.1. The van der Waals surface area contributed by atoms with Crippen LogP contribution in [-0.4, -0.2) is 23.5 Å². The molecule has 0 aliphatic carbocycles. The summed E-state index contributed by atoms with van der Waals surface area (Å²) in [5, 5.41) is 13.5. The molecule has 0 saturated heterocycles. The van der Waals surface area contributed by atoms with Gasteiger partial charge in [0.05, 0.1) is 18.2 Å². The van der Waals surface area contributed by atoms with Crippen LogP contribution in [0.5, 0.6) is 0 Å². The molecule has 1 aromatic carbocycles. The predicted octanol–water partition coefficient (Wildman–Crippen LogP) is 2.20. The lowest BCUT2D eigenvalue weighted by molar-refractivity contribution is 0.0400. The minimum atomic E-state index is 0.0161. The van der Waals surface area contributed by atoms with Crippen molar-refractivity contribution >= 4 is 5.71 Å². The molecule has 1 heterocycles. The van der Waals surface area contributed by atoms with E-state index < -0.39 is 0 Å². The van der Waals surface area contributed by atoms with Crippen molar-refractivity contribution < 1.29 is 9.94 Å². The SMILES string of the molecule is CCC[C@H]1ON=C(c2ccccc2)[C@@H]1CO. The third-order valence-corrected chi connectivity index (χ3v) is 2.93. The number of oxime groups is 1. The van der Waals surface area contributed by atoms with Crippen molar-refractivity contribution in [2.24, 2.45) is 11.1 Å². The Morgan fingerprint density at radius 2 is 2.06 bits per heavy atom. The molecular weight excluding hydrogens is 202 g/mol. The Morgan fingerprint density at radius 3 is 2.69 bits per heavy atom. The van der Waals surface area contributed by atoms with Crippen LogP contribution in [0.25, 0.3) is 0 Å². The van der Waals surface area contributed by atoms with Gasteiger partial charge in [-0.25, -0.2) is 0 Å². The van der Waals surface area contributed by atoms with Gasteiger partial charge in [-0.2, -0.15) is 0 Å². The topological polar surface area (TPSA) is 41.8 Å². The molecule has 1 N–H and O–H groups in total. The highest BCUT2D eigenvalue weighted by atomic mass is 16.6. The first-order valence-electron chi connectivity index (χ1n) is 5.76.